The molecule has 3 aromatic rings. The maximum absolute atomic E-state index is 11.3. The number of hydrogen-bond acceptors (Lipinski definition) is 5. The largest absolute Gasteiger partial charge is 0.489 e. The van der Waals surface area contributed by atoms with Crippen molar-refractivity contribution in [1.29, 1.82) is 0 Å². The van der Waals surface area contributed by atoms with Crippen LogP contribution in [0.25, 0.3) is 22.8 Å². The molecule has 0 saturated heterocycles. The third-order valence-corrected chi connectivity index (χ3v) is 3.81. The standard InChI is InChI=1S/C19H17ClN2O3/c1-11(2)24-17-9-8-15(10-16(17)20)18-21-19(25-22-18)14-6-4-13(5-7-14)12(3)23/h4-11H,1-3H3. The normalized spacial score (nSPS) is 10.9. The number of Topliss-reactive ketones (excluding diaryl/α,β-unsaturated/α-hetero) is 1. The average molecular weight is 357 g/mol. The molecule has 0 atom stereocenters. The Balaban J connectivity index is 1.86. The number of ketones is 1. The van der Waals surface area contributed by atoms with Crippen LogP contribution >= 0.6 is 11.6 Å². The van der Waals surface area contributed by atoms with Crippen LogP contribution in [0.15, 0.2) is 47.0 Å². The number of hydrogen-bond donors (Lipinski definition) is 0. The topological polar surface area (TPSA) is 65.2 Å². The number of benzene rings is 2. The number of ether oxygens (including phenoxy) is 1. The summed E-state index contributed by atoms with van der Waals surface area (Å²) < 4.78 is 10.9. The zero-order valence-corrected chi connectivity index (χ0v) is 14.9. The van der Waals surface area contributed by atoms with Gasteiger partial charge in [-0.05, 0) is 51.1 Å². The van der Waals surface area contributed by atoms with Crippen molar-refractivity contribution in [3.63, 3.8) is 0 Å². The van der Waals surface area contributed by atoms with E-state index in [0.717, 1.165) is 11.1 Å². The van der Waals surface area contributed by atoms with Crippen molar-refractivity contribution < 1.29 is 14.1 Å². The van der Waals surface area contributed by atoms with E-state index in [0.29, 0.717) is 28.1 Å². The Hall–Kier alpha value is -2.66. The lowest BCUT2D eigenvalue weighted by molar-refractivity contribution is 0.101. The van der Waals surface area contributed by atoms with Gasteiger partial charge in [-0.25, -0.2) is 0 Å². The molecule has 1 aromatic heterocycles. The van der Waals surface area contributed by atoms with Crippen molar-refractivity contribution in [3.05, 3.63) is 53.1 Å². The Morgan fingerprint density at radius 3 is 2.40 bits per heavy atom. The van der Waals surface area contributed by atoms with Crippen LogP contribution in [0.3, 0.4) is 0 Å². The van der Waals surface area contributed by atoms with Crippen LogP contribution < -0.4 is 4.74 Å². The molecule has 0 fully saturated rings. The highest BCUT2D eigenvalue weighted by molar-refractivity contribution is 6.32. The summed E-state index contributed by atoms with van der Waals surface area (Å²) in [6.45, 7) is 5.40. The summed E-state index contributed by atoms with van der Waals surface area (Å²) in [5.41, 5.74) is 2.11. The number of nitrogens with zero attached hydrogens (tertiary/aromatic N) is 2. The fourth-order valence-corrected chi connectivity index (χ4v) is 2.52. The molecular formula is C19H17ClN2O3. The first kappa shape index (κ1) is 17.2. The molecule has 0 bridgehead atoms. The van der Waals surface area contributed by atoms with Crippen LogP contribution in [-0.4, -0.2) is 22.0 Å². The lowest BCUT2D eigenvalue weighted by atomic mass is 10.1. The van der Waals surface area contributed by atoms with E-state index in [1.165, 1.54) is 6.92 Å². The van der Waals surface area contributed by atoms with Gasteiger partial charge in [0, 0.05) is 16.7 Å². The molecule has 1 heterocycles. The summed E-state index contributed by atoms with van der Waals surface area (Å²) in [7, 11) is 0. The highest BCUT2D eigenvalue weighted by Gasteiger charge is 2.13. The molecule has 0 unspecified atom stereocenters. The van der Waals surface area contributed by atoms with Gasteiger partial charge in [0.15, 0.2) is 5.78 Å². The molecule has 0 aliphatic carbocycles. The first-order valence-corrected chi connectivity index (χ1v) is 8.23. The quantitative estimate of drug-likeness (QED) is 0.599. The summed E-state index contributed by atoms with van der Waals surface area (Å²) in [5.74, 6) is 1.44. The van der Waals surface area contributed by atoms with E-state index in [4.69, 9.17) is 20.9 Å². The first-order chi connectivity index (χ1) is 11.9. The Labute approximate surface area is 150 Å². The van der Waals surface area contributed by atoms with Crippen LogP contribution in [0, 0.1) is 0 Å². The third kappa shape index (κ3) is 3.88. The first-order valence-electron chi connectivity index (χ1n) is 7.85. The summed E-state index contributed by atoms with van der Waals surface area (Å²) >= 11 is 6.25. The minimum Gasteiger partial charge on any atom is -0.489 e. The molecule has 3 rings (SSSR count). The third-order valence-electron chi connectivity index (χ3n) is 3.52. The molecule has 0 N–H and O–H groups in total. The molecule has 0 aliphatic heterocycles. The Bertz CT molecular complexity index is 901. The van der Waals surface area contributed by atoms with Crippen molar-refractivity contribution >= 4 is 17.4 Å². The summed E-state index contributed by atoms with van der Waals surface area (Å²) in [6.07, 6.45) is 0.0399. The molecule has 0 amide bonds. The SMILES string of the molecule is CC(=O)c1ccc(-c2nc(-c3ccc(OC(C)C)c(Cl)c3)no2)cc1. The van der Waals surface area contributed by atoms with E-state index in [1.807, 2.05) is 19.9 Å². The van der Waals surface area contributed by atoms with Crippen LogP contribution in [0.2, 0.25) is 5.02 Å². The smallest absolute Gasteiger partial charge is 0.258 e. The molecule has 25 heavy (non-hydrogen) atoms. The van der Waals surface area contributed by atoms with E-state index in [1.54, 1.807) is 36.4 Å². The van der Waals surface area contributed by atoms with Crippen molar-refractivity contribution in [2.24, 2.45) is 0 Å². The summed E-state index contributed by atoms with van der Waals surface area (Å²) in [4.78, 5) is 15.7. The Morgan fingerprint density at radius 2 is 1.80 bits per heavy atom. The van der Waals surface area contributed by atoms with E-state index in [9.17, 15) is 4.79 Å². The van der Waals surface area contributed by atoms with E-state index >= 15 is 0 Å². The van der Waals surface area contributed by atoms with Crippen LogP contribution in [-0.2, 0) is 0 Å². The van der Waals surface area contributed by atoms with Gasteiger partial charge in [-0.15, -0.1) is 0 Å². The molecule has 0 saturated carbocycles. The molecule has 0 aliphatic rings. The van der Waals surface area contributed by atoms with E-state index < -0.39 is 0 Å². The maximum atomic E-state index is 11.3. The fourth-order valence-electron chi connectivity index (χ4n) is 2.29. The monoisotopic (exact) mass is 356 g/mol. The van der Waals surface area contributed by atoms with Crippen molar-refractivity contribution in [1.82, 2.24) is 10.1 Å². The maximum Gasteiger partial charge on any atom is 0.258 e. The Kier molecular flexibility index (Phi) is 4.86. The fraction of sp³-hybridized carbons (Fsp3) is 0.211. The molecule has 128 valence electrons. The zero-order valence-electron chi connectivity index (χ0n) is 14.1. The average Bonchev–Trinajstić information content (AvgIpc) is 3.06. The van der Waals surface area contributed by atoms with Gasteiger partial charge in [0.1, 0.15) is 5.75 Å². The predicted octanol–water partition coefficient (Wildman–Crippen LogP) is 5.05. The second-order valence-electron chi connectivity index (χ2n) is 5.87. The van der Waals surface area contributed by atoms with Crippen molar-refractivity contribution in [2.75, 3.05) is 0 Å². The van der Waals surface area contributed by atoms with Gasteiger partial charge < -0.3 is 9.26 Å². The molecule has 0 spiro atoms. The minimum atomic E-state index is 0.0103. The number of rotatable bonds is 5. The van der Waals surface area contributed by atoms with E-state index in [-0.39, 0.29) is 11.9 Å². The highest BCUT2D eigenvalue weighted by atomic mass is 35.5. The van der Waals surface area contributed by atoms with Gasteiger partial charge in [0.25, 0.3) is 5.89 Å². The van der Waals surface area contributed by atoms with Gasteiger partial charge in [0.2, 0.25) is 5.82 Å². The van der Waals surface area contributed by atoms with E-state index in [2.05, 4.69) is 10.1 Å². The molecular weight excluding hydrogens is 340 g/mol. The van der Waals surface area contributed by atoms with Gasteiger partial charge in [-0.2, -0.15) is 4.98 Å². The molecule has 6 heteroatoms. The number of halogens is 1. The second-order valence-corrected chi connectivity index (χ2v) is 6.28. The lowest BCUT2D eigenvalue weighted by Gasteiger charge is -2.11. The van der Waals surface area contributed by atoms with Crippen LogP contribution in [0.5, 0.6) is 5.75 Å². The number of carbonyl (C=O) groups excluding carboxylic acids is 1. The molecule has 5 nitrogen and oxygen atoms in total. The van der Waals surface area contributed by atoms with Gasteiger partial charge >= 0.3 is 0 Å². The van der Waals surface area contributed by atoms with Crippen molar-refractivity contribution in [3.8, 4) is 28.6 Å². The Morgan fingerprint density at radius 1 is 1.12 bits per heavy atom. The lowest BCUT2D eigenvalue weighted by Crippen LogP contribution is -2.05. The van der Waals surface area contributed by atoms with Gasteiger partial charge in [-0.3, -0.25) is 4.79 Å². The second kappa shape index (κ2) is 7.07. The number of aromatic nitrogens is 2. The number of carbonyl (C=O) groups is 1. The van der Waals surface area contributed by atoms with Crippen LogP contribution in [0.1, 0.15) is 31.1 Å². The minimum absolute atomic E-state index is 0.0103. The molecule has 2 aromatic carbocycles. The van der Waals surface area contributed by atoms with Gasteiger partial charge in [-0.1, -0.05) is 28.9 Å². The summed E-state index contributed by atoms with van der Waals surface area (Å²) in [5, 5.41) is 4.49. The van der Waals surface area contributed by atoms with Crippen LogP contribution in [0.4, 0.5) is 0 Å². The summed E-state index contributed by atoms with van der Waals surface area (Å²) in [6, 6.07) is 12.4. The molecule has 0 radical (unpaired) electrons. The predicted molar refractivity (Wildman–Crippen MR) is 95.9 cm³/mol. The van der Waals surface area contributed by atoms with Crippen molar-refractivity contribution in [2.45, 2.75) is 26.9 Å². The van der Waals surface area contributed by atoms with Gasteiger partial charge in [0.05, 0.1) is 11.1 Å². The highest BCUT2D eigenvalue weighted by Crippen LogP contribution is 2.31. The zero-order chi connectivity index (χ0) is 18.0.